The fourth-order valence-corrected chi connectivity index (χ4v) is 2.35. The van der Waals surface area contributed by atoms with Gasteiger partial charge in [-0.15, -0.1) is 6.58 Å². The first-order valence-electron chi connectivity index (χ1n) is 5.89. The predicted octanol–water partition coefficient (Wildman–Crippen LogP) is 2.47. The quantitative estimate of drug-likeness (QED) is 0.810. The number of ether oxygens (including phenoxy) is 2. The summed E-state index contributed by atoms with van der Waals surface area (Å²) < 4.78 is 10.7. The van der Waals surface area contributed by atoms with Crippen LogP contribution in [0.4, 0.5) is 0 Å². The van der Waals surface area contributed by atoms with Crippen molar-refractivity contribution in [3.05, 3.63) is 35.9 Å². The molecular formula is C14H19NO2. The summed E-state index contributed by atoms with van der Waals surface area (Å²) in [5, 5.41) is 3.50. The molecule has 0 aromatic heterocycles. The minimum Gasteiger partial charge on any atom is -0.493 e. The Balaban J connectivity index is 2.43. The smallest absolute Gasteiger partial charge is 0.161 e. The van der Waals surface area contributed by atoms with Gasteiger partial charge in [-0.1, -0.05) is 6.08 Å². The number of fused-ring (bicyclic) bond motifs is 1. The van der Waals surface area contributed by atoms with Crippen molar-refractivity contribution in [1.29, 1.82) is 0 Å². The van der Waals surface area contributed by atoms with Gasteiger partial charge in [-0.2, -0.15) is 0 Å². The maximum Gasteiger partial charge on any atom is 0.161 e. The van der Waals surface area contributed by atoms with Gasteiger partial charge >= 0.3 is 0 Å². The minimum atomic E-state index is 0.344. The van der Waals surface area contributed by atoms with Crippen LogP contribution in [0.3, 0.4) is 0 Å². The summed E-state index contributed by atoms with van der Waals surface area (Å²) in [7, 11) is 3.34. The van der Waals surface area contributed by atoms with E-state index in [2.05, 4.69) is 24.0 Å². The first-order chi connectivity index (χ1) is 8.30. The number of hydrogen-bond acceptors (Lipinski definition) is 3. The van der Waals surface area contributed by atoms with Gasteiger partial charge in [0.15, 0.2) is 11.5 Å². The van der Waals surface area contributed by atoms with Crippen LogP contribution in [0.25, 0.3) is 0 Å². The standard InChI is InChI=1S/C14H19NO2/c1-4-5-12-11-9-14(17-3)13(16-2)8-10(11)6-7-15-12/h4,8-9,12,15H,1,5-7H2,2-3H3. The van der Waals surface area contributed by atoms with Crippen molar-refractivity contribution in [3.63, 3.8) is 0 Å². The second kappa shape index (κ2) is 5.23. The summed E-state index contributed by atoms with van der Waals surface area (Å²) >= 11 is 0. The lowest BCUT2D eigenvalue weighted by Crippen LogP contribution is -2.29. The Labute approximate surface area is 102 Å². The van der Waals surface area contributed by atoms with Crippen molar-refractivity contribution in [2.75, 3.05) is 20.8 Å². The van der Waals surface area contributed by atoms with Crippen LogP contribution < -0.4 is 14.8 Å². The monoisotopic (exact) mass is 233 g/mol. The average Bonchev–Trinajstić information content (AvgIpc) is 2.38. The number of benzene rings is 1. The van der Waals surface area contributed by atoms with E-state index in [-0.39, 0.29) is 0 Å². The van der Waals surface area contributed by atoms with E-state index >= 15 is 0 Å². The number of nitrogens with one attached hydrogen (secondary N) is 1. The van der Waals surface area contributed by atoms with E-state index in [9.17, 15) is 0 Å². The van der Waals surface area contributed by atoms with Gasteiger partial charge in [0.2, 0.25) is 0 Å². The van der Waals surface area contributed by atoms with Crippen LogP contribution in [0.5, 0.6) is 11.5 Å². The Morgan fingerprint density at radius 3 is 2.71 bits per heavy atom. The summed E-state index contributed by atoms with van der Waals surface area (Å²) in [5.74, 6) is 1.61. The highest BCUT2D eigenvalue weighted by Crippen LogP contribution is 2.36. The van der Waals surface area contributed by atoms with Crippen molar-refractivity contribution < 1.29 is 9.47 Å². The highest BCUT2D eigenvalue weighted by molar-refractivity contribution is 5.49. The van der Waals surface area contributed by atoms with Gasteiger partial charge in [-0.05, 0) is 42.6 Å². The lowest BCUT2D eigenvalue weighted by molar-refractivity contribution is 0.352. The molecule has 3 nitrogen and oxygen atoms in total. The highest BCUT2D eigenvalue weighted by Gasteiger charge is 2.21. The van der Waals surface area contributed by atoms with Gasteiger partial charge < -0.3 is 14.8 Å². The Bertz CT molecular complexity index is 415. The molecule has 0 saturated carbocycles. The third-order valence-corrected chi connectivity index (χ3v) is 3.21. The Kier molecular flexibility index (Phi) is 3.69. The molecule has 1 atom stereocenters. The lowest BCUT2D eigenvalue weighted by atomic mass is 9.92. The third kappa shape index (κ3) is 2.29. The van der Waals surface area contributed by atoms with Crippen molar-refractivity contribution >= 4 is 0 Å². The molecule has 3 heteroatoms. The second-order valence-corrected chi connectivity index (χ2v) is 4.19. The van der Waals surface area contributed by atoms with Gasteiger partial charge in [0.05, 0.1) is 14.2 Å². The molecule has 0 fully saturated rings. The normalized spacial score (nSPS) is 18.4. The molecule has 1 aliphatic heterocycles. The van der Waals surface area contributed by atoms with Gasteiger partial charge in [0.1, 0.15) is 0 Å². The summed E-state index contributed by atoms with van der Waals surface area (Å²) in [6, 6.07) is 4.51. The molecule has 1 aromatic carbocycles. The number of hydrogen-bond donors (Lipinski definition) is 1. The predicted molar refractivity (Wildman–Crippen MR) is 68.8 cm³/mol. The first-order valence-corrected chi connectivity index (χ1v) is 5.89. The van der Waals surface area contributed by atoms with E-state index in [0.29, 0.717) is 6.04 Å². The van der Waals surface area contributed by atoms with Crippen molar-refractivity contribution in [2.45, 2.75) is 18.9 Å². The summed E-state index contributed by atoms with van der Waals surface area (Å²) in [6.45, 7) is 4.81. The van der Waals surface area contributed by atoms with Crippen LogP contribution in [-0.2, 0) is 6.42 Å². The second-order valence-electron chi connectivity index (χ2n) is 4.19. The molecule has 17 heavy (non-hydrogen) atoms. The Morgan fingerprint density at radius 1 is 1.35 bits per heavy atom. The molecule has 2 rings (SSSR count). The van der Waals surface area contributed by atoms with E-state index in [0.717, 1.165) is 30.9 Å². The molecule has 0 radical (unpaired) electrons. The topological polar surface area (TPSA) is 30.5 Å². The maximum absolute atomic E-state index is 5.35. The van der Waals surface area contributed by atoms with E-state index < -0.39 is 0 Å². The lowest BCUT2D eigenvalue weighted by Gasteiger charge is -2.27. The zero-order valence-corrected chi connectivity index (χ0v) is 10.5. The van der Waals surface area contributed by atoms with Gasteiger partial charge in [0, 0.05) is 6.04 Å². The molecule has 1 unspecified atom stereocenters. The minimum absolute atomic E-state index is 0.344. The maximum atomic E-state index is 5.35. The Morgan fingerprint density at radius 2 is 2.06 bits per heavy atom. The van der Waals surface area contributed by atoms with E-state index in [4.69, 9.17) is 9.47 Å². The molecule has 0 saturated heterocycles. The van der Waals surface area contributed by atoms with Crippen molar-refractivity contribution in [2.24, 2.45) is 0 Å². The number of rotatable bonds is 4. The van der Waals surface area contributed by atoms with Crippen LogP contribution in [-0.4, -0.2) is 20.8 Å². The van der Waals surface area contributed by atoms with Crippen LogP contribution in [0.2, 0.25) is 0 Å². The number of methoxy groups -OCH3 is 2. The SMILES string of the molecule is C=CCC1NCCc2cc(OC)c(OC)cc21. The molecule has 0 amide bonds. The molecule has 1 aliphatic rings. The van der Waals surface area contributed by atoms with E-state index in [1.807, 2.05) is 6.08 Å². The van der Waals surface area contributed by atoms with Crippen molar-refractivity contribution in [3.8, 4) is 11.5 Å². The molecular weight excluding hydrogens is 214 g/mol. The summed E-state index contributed by atoms with van der Waals surface area (Å²) in [6.07, 6.45) is 3.91. The van der Waals surface area contributed by atoms with Crippen molar-refractivity contribution in [1.82, 2.24) is 5.32 Å². The van der Waals surface area contributed by atoms with E-state index in [1.54, 1.807) is 14.2 Å². The molecule has 0 bridgehead atoms. The zero-order valence-electron chi connectivity index (χ0n) is 10.5. The van der Waals surface area contributed by atoms with Crippen LogP contribution in [0.1, 0.15) is 23.6 Å². The van der Waals surface area contributed by atoms with Crippen LogP contribution in [0, 0.1) is 0 Å². The highest BCUT2D eigenvalue weighted by atomic mass is 16.5. The third-order valence-electron chi connectivity index (χ3n) is 3.21. The first kappa shape index (κ1) is 12.0. The molecule has 1 N–H and O–H groups in total. The Hall–Kier alpha value is -1.48. The fraction of sp³-hybridized carbons (Fsp3) is 0.429. The summed E-state index contributed by atoms with van der Waals surface area (Å²) in [4.78, 5) is 0. The molecule has 1 heterocycles. The van der Waals surface area contributed by atoms with Crippen LogP contribution in [0.15, 0.2) is 24.8 Å². The van der Waals surface area contributed by atoms with Crippen LogP contribution >= 0.6 is 0 Å². The zero-order chi connectivity index (χ0) is 12.3. The van der Waals surface area contributed by atoms with Gasteiger partial charge in [-0.3, -0.25) is 0 Å². The fourth-order valence-electron chi connectivity index (χ4n) is 2.35. The largest absolute Gasteiger partial charge is 0.493 e. The van der Waals surface area contributed by atoms with E-state index in [1.165, 1.54) is 11.1 Å². The van der Waals surface area contributed by atoms with Gasteiger partial charge in [0.25, 0.3) is 0 Å². The molecule has 92 valence electrons. The summed E-state index contributed by atoms with van der Waals surface area (Å²) in [5.41, 5.74) is 2.64. The average molecular weight is 233 g/mol. The van der Waals surface area contributed by atoms with Gasteiger partial charge in [-0.25, -0.2) is 0 Å². The molecule has 0 aliphatic carbocycles. The molecule has 0 spiro atoms. The molecule has 1 aromatic rings.